The quantitative estimate of drug-likeness (QED) is 0.0569. The molecule has 52 heavy (non-hydrogen) atoms. The monoisotopic (exact) mass is 736 g/mol. The Morgan fingerprint density at radius 2 is 0.885 bits per heavy atom. The van der Waals surface area contributed by atoms with Crippen LogP contribution in [0.2, 0.25) is 0 Å². The van der Waals surface area contributed by atoms with Crippen LogP contribution in [0.5, 0.6) is 0 Å². The van der Waals surface area contributed by atoms with Crippen LogP contribution in [-0.4, -0.2) is 25.9 Å². The van der Waals surface area contributed by atoms with Gasteiger partial charge in [-0.3, -0.25) is 9.11 Å². The van der Waals surface area contributed by atoms with Crippen molar-refractivity contribution in [2.45, 2.75) is 49.3 Å². The molecule has 0 aromatic heterocycles. The van der Waals surface area contributed by atoms with Crippen molar-refractivity contribution in [1.82, 2.24) is 0 Å². The van der Waals surface area contributed by atoms with Crippen LogP contribution >= 0.6 is 0 Å². The van der Waals surface area contributed by atoms with Crippen LogP contribution in [0, 0.1) is 0 Å². The molecule has 0 atom stereocenters. The average molecular weight is 737 g/mol. The molecule has 0 bridgehead atoms. The summed E-state index contributed by atoms with van der Waals surface area (Å²) in [6.07, 6.45) is 3.04. The lowest BCUT2D eigenvalue weighted by molar-refractivity contribution is 0.482. The number of hydrogen-bond acceptors (Lipinski definition) is 10. The number of benzene rings is 6. The molecule has 0 aliphatic heterocycles. The molecule has 0 unspecified atom stereocenters. The first kappa shape index (κ1) is 36.3. The molecule has 6 rings (SSSR count). The standard InChI is InChI=1S/C38H36N6O6S2/c1-3-9-27-19-23(15-17-31(27)41-43-33-21-25-11-5-7-13-29(25)37(35(33)39)51(45,46)47)24-16-18-32(28(20-24)10-4-2)42-44-34-22-26-12-6-8-14-30(26)38(36(34)40)52(48,49)50/h5-8,11-22H,3-4,9-10,39-40H2,1-2H3,(H,45,46,47)(H,48,49,50). The predicted octanol–water partition coefficient (Wildman–Crippen LogP) is 10.1. The predicted molar refractivity (Wildman–Crippen MR) is 205 cm³/mol. The van der Waals surface area contributed by atoms with E-state index in [0.717, 1.165) is 35.1 Å². The van der Waals surface area contributed by atoms with Crippen molar-refractivity contribution in [3.63, 3.8) is 0 Å². The second kappa shape index (κ2) is 14.6. The summed E-state index contributed by atoms with van der Waals surface area (Å²) in [5, 5.41) is 19.2. The topological polar surface area (TPSA) is 210 Å². The number of rotatable bonds is 11. The van der Waals surface area contributed by atoms with Gasteiger partial charge in [0.25, 0.3) is 20.2 Å². The Kier molecular flexibility index (Phi) is 10.2. The summed E-state index contributed by atoms with van der Waals surface area (Å²) in [6, 6.07) is 28.2. The van der Waals surface area contributed by atoms with E-state index < -0.39 is 30.0 Å². The molecule has 0 saturated carbocycles. The van der Waals surface area contributed by atoms with Crippen LogP contribution in [0.1, 0.15) is 37.8 Å². The van der Waals surface area contributed by atoms with Crippen LogP contribution < -0.4 is 11.5 Å². The van der Waals surface area contributed by atoms with Crippen molar-refractivity contribution in [2.24, 2.45) is 20.5 Å². The van der Waals surface area contributed by atoms with Crippen LogP contribution in [0.4, 0.5) is 34.1 Å². The van der Waals surface area contributed by atoms with Gasteiger partial charge in [0.2, 0.25) is 0 Å². The van der Waals surface area contributed by atoms with Gasteiger partial charge in [0, 0.05) is 10.8 Å². The zero-order valence-corrected chi connectivity index (χ0v) is 30.0. The van der Waals surface area contributed by atoms with Gasteiger partial charge in [-0.15, -0.1) is 10.2 Å². The molecular formula is C38H36N6O6S2. The van der Waals surface area contributed by atoms with E-state index >= 15 is 0 Å². The SMILES string of the molecule is CCCc1cc(-c2ccc(N=Nc3cc4ccccc4c(S(=O)(=O)O)c3N)c(CCC)c2)ccc1N=Nc1cc2ccccc2c(S(=O)(=O)O)c1N. The number of nitrogens with two attached hydrogens (primary N) is 2. The van der Waals surface area contributed by atoms with Crippen molar-refractivity contribution < 1.29 is 25.9 Å². The van der Waals surface area contributed by atoms with E-state index in [0.29, 0.717) is 35.0 Å². The minimum atomic E-state index is -4.64. The maximum Gasteiger partial charge on any atom is 0.297 e. The van der Waals surface area contributed by atoms with Crippen molar-refractivity contribution in [2.75, 3.05) is 11.5 Å². The van der Waals surface area contributed by atoms with Crippen LogP contribution in [0.15, 0.2) is 127 Å². The molecule has 0 aliphatic rings. The highest BCUT2D eigenvalue weighted by Crippen LogP contribution is 2.40. The number of hydrogen-bond donors (Lipinski definition) is 4. The highest BCUT2D eigenvalue weighted by atomic mass is 32.2. The Morgan fingerprint density at radius 3 is 1.25 bits per heavy atom. The summed E-state index contributed by atoms with van der Waals surface area (Å²) in [5.74, 6) is 0. The summed E-state index contributed by atoms with van der Waals surface area (Å²) >= 11 is 0. The maximum atomic E-state index is 12.3. The largest absolute Gasteiger partial charge is 0.396 e. The Labute approximate surface area is 301 Å². The third kappa shape index (κ3) is 7.41. The van der Waals surface area contributed by atoms with Crippen molar-refractivity contribution in [3.05, 3.63) is 108 Å². The lowest BCUT2D eigenvalue weighted by atomic mass is 9.96. The molecular weight excluding hydrogens is 701 g/mol. The Balaban J connectivity index is 1.35. The number of aryl methyl sites for hydroxylation is 2. The minimum absolute atomic E-state index is 0.117. The first-order valence-corrected chi connectivity index (χ1v) is 19.3. The zero-order valence-electron chi connectivity index (χ0n) is 28.4. The zero-order chi connectivity index (χ0) is 37.2. The molecule has 12 nitrogen and oxygen atoms in total. The summed E-state index contributed by atoms with van der Waals surface area (Å²) in [6.45, 7) is 4.10. The smallest absolute Gasteiger partial charge is 0.297 e. The fourth-order valence-electron chi connectivity index (χ4n) is 6.23. The summed E-state index contributed by atoms with van der Waals surface area (Å²) in [5.41, 5.74) is 17.1. The Morgan fingerprint density at radius 1 is 0.519 bits per heavy atom. The lowest BCUT2D eigenvalue weighted by Gasteiger charge is -2.12. The van der Waals surface area contributed by atoms with Gasteiger partial charge in [-0.2, -0.15) is 27.1 Å². The van der Waals surface area contributed by atoms with Gasteiger partial charge in [0.1, 0.15) is 21.2 Å². The number of anilines is 2. The molecule has 6 N–H and O–H groups in total. The van der Waals surface area contributed by atoms with Gasteiger partial charge in [-0.25, -0.2) is 0 Å². The summed E-state index contributed by atoms with van der Waals surface area (Å²) in [4.78, 5) is -0.809. The molecule has 0 amide bonds. The van der Waals surface area contributed by atoms with Crippen LogP contribution in [-0.2, 0) is 33.1 Å². The van der Waals surface area contributed by atoms with E-state index in [4.69, 9.17) is 11.5 Å². The minimum Gasteiger partial charge on any atom is -0.396 e. The highest BCUT2D eigenvalue weighted by Gasteiger charge is 2.23. The van der Waals surface area contributed by atoms with Gasteiger partial charge >= 0.3 is 0 Å². The van der Waals surface area contributed by atoms with Crippen molar-refractivity contribution in [1.29, 1.82) is 0 Å². The second-order valence-electron chi connectivity index (χ2n) is 12.3. The summed E-state index contributed by atoms with van der Waals surface area (Å²) in [7, 11) is -9.28. The molecule has 0 heterocycles. The fourth-order valence-corrected chi connectivity index (χ4v) is 7.93. The molecule has 0 fully saturated rings. The van der Waals surface area contributed by atoms with E-state index in [1.54, 1.807) is 60.7 Å². The van der Waals surface area contributed by atoms with Crippen molar-refractivity contribution in [3.8, 4) is 11.1 Å². The molecule has 0 aliphatic carbocycles. The van der Waals surface area contributed by atoms with E-state index in [1.807, 2.05) is 50.2 Å². The van der Waals surface area contributed by atoms with Crippen LogP contribution in [0.25, 0.3) is 32.7 Å². The lowest BCUT2D eigenvalue weighted by Crippen LogP contribution is -2.04. The first-order valence-electron chi connectivity index (χ1n) is 16.5. The van der Waals surface area contributed by atoms with E-state index in [9.17, 15) is 25.9 Å². The first-order chi connectivity index (χ1) is 24.8. The molecule has 0 radical (unpaired) electrons. The Hall–Kier alpha value is -5.54. The van der Waals surface area contributed by atoms with E-state index in [2.05, 4.69) is 20.5 Å². The second-order valence-corrected chi connectivity index (χ2v) is 15.0. The number of fused-ring (bicyclic) bond motifs is 2. The third-order valence-electron chi connectivity index (χ3n) is 8.61. The van der Waals surface area contributed by atoms with Gasteiger partial charge in [0.15, 0.2) is 0 Å². The number of azo groups is 2. The number of nitrogens with zero attached hydrogens (tertiary/aromatic N) is 4. The molecule has 6 aromatic carbocycles. The maximum absolute atomic E-state index is 12.3. The normalized spacial score (nSPS) is 12.5. The summed E-state index contributed by atoms with van der Waals surface area (Å²) < 4.78 is 68.9. The molecule has 6 aromatic rings. The van der Waals surface area contributed by atoms with Gasteiger partial charge in [-0.1, -0.05) is 87.4 Å². The molecule has 0 spiro atoms. The Bertz CT molecular complexity index is 2460. The van der Waals surface area contributed by atoms with Gasteiger partial charge in [-0.05, 0) is 82.3 Å². The highest BCUT2D eigenvalue weighted by molar-refractivity contribution is 7.86. The van der Waals surface area contributed by atoms with Crippen molar-refractivity contribution >= 4 is 75.9 Å². The molecule has 0 saturated heterocycles. The molecule has 14 heteroatoms. The van der Waals surface area contributed by atoms with Gasteiger partial charge in [0.05, 0.1) is 22.7 Å². The van der Waals surface area contributed by atoms with Crippen LogP contribution in [0.3, 0.4) is 0 Å². The third-order valence-corrected chi connectivity index (χ3v) is 10.5. The van der Waals surface area contributed by atoms with E-state index in [-0.39, 0.29) is 33.5 Å². The molecule has 266 valence electrons. The fraction of sp³-hybridized carbons (Fsp3) is 0.158. The number of nitrogen functional groups attached to an aromatic ring is 2. The van der Waals surface area contributed by atoms with Gasteiger partial charge < -0.3 is 11.5 Å². The average Bonchev–Trinajstić information content (AvgIpc) is 3.09. The van der Waals surface area contributed by atoms with E-state index in [1.165, 1.54) is 0 Å².